The van der Waals surface area contributed by atoms with E-state index in [4.69, 9.17) is 23.4 Å². The second kappa shape index (κ2) is 12.9. The average Bonchev–Trinajstić information content (AvgIpc) is 2.95. The van der Waals surface area contributed by atoms with Crippen LogP contribution in [0.1, 0.15) is 20.7 Å². The van der Waals surface area contributed by atoms with Crippen LogP contribution in [0.15, 0.2) is 24.3 Å². The summed E-state index contributed by atoms with van der Waals surface area (Å²) in [5.74, 6) is -0.527. The summed E-state index contributed by atoms with van der Waals surface area (Å²) >= 11 is 0. The maximum absolute atomic E-state index is 12.2. The van der Waals surface area contributed by atoms with E-state index in [1.807, 2.05) is 0 Å². The lowest BCUT2D eigenvalue weighted by Crippen LogP contribution is -2.33. The number of rotatable bonds is 16. The van der Waals surface area contributed by atoms with Crippen LogP contribution in [0.2, 0.25) is 19.6 Å². The van der Waals surface area contributed by atoms with Crippen LogP contribution in [0.25, 0.3) is 0 Å². The lowest BCUT2D eigenvalue weighted by molar-refractivity contribution is -0.00601. The van der Waals surface area contributed by atoms with Gasteiger partial charge >= 0.3 is 0 Å². The maximum Gasteiger partial charge on any atom is 0.261 e. The molecule has 0 aliphatic carbocycles. The van der Waals surface area contributed by atoms with Crippen molar-refractivity contribution in [3.63, 3.8) is 0 Å². The summed E-state index contributed by atoms with van der Waals surface area (Å²) in [6, 6.07) is 6.84. The smallest absolute Gasteiger partial charge is 0.261 e. The van der Waals surface area contributed by atoms with Gasteiger partial charge in [0.15, 0.2) is 8.32 Å². The van der Waals surface area contributed by atoms with Gasteiger partial charge in [0.2, 0.25) is 0 Å². The van der Waals surface area contributed by atoms with Crippen LogP contribution >= 0.6 is 0 Å². The van der Waals surface area contributed by atoms with E-state index in [2.05, 4.69) is 19.6 Å². The van der Waals surface area contributed by atoms with Gasteiger partial charge in [-0.1, -0.05) is 12.1 Å². The van der Waals surface area contributed by atoms with E-state index in [1.165, 1.54) is 4.90 Å². The third kappa shape index (κ3) is 8.63. The van der Waals surface area contributed by atoms with Crippen molar-refractivity contribution < 1.29 is 33.0 Å². The van der Waals surface area contributed by atoms with Crippen LogP contribution < -0.4 is 0 Å². The number of amides is 2. The fraction of sp³-hybridized carbons (Fsp3) is 0.619. The van der Waals surface area contributed by atoms with Crippen molar-refractivity contribution in [2.75, 3.05) is 66.0 Å². The molecule has 168 valence electrons. The van der Waals surface area contributed by atoms with Gasteiger partial charge in [0.05, 0.1) is 77.1 Å². The number of carbonyl (C=O) groups is 2. The van der Waals surface area contributed by atoms with E-state index in [1.54, 1.807) is 24.3 Å². The topological polar surface area (TPSA) is 83.5 Å². The molecule has 2 rings (SSSR count). The molecule has 0 spiro atoms. The van der Waals surface area contributed by atoms with Crippen molar-refractivity contribution in [3.8, 4) is 0 Å². The zero-order valence-electron chi connectivity index (χ0n) is 18.2. The molecule has 9 heteroatoms. The first kappa shape index (κ1) is 24.6. The maximum atomic E-state index is 12.2. The molecule has 0 atom stereocenters. The number of fused-ring (bicyclic) bond motifs is 1. The Hall–Kier alpha value is -1.62. The first-order valence-corrected chi connectivity index (χ1v) is 13.7. The van der Waals surface area contributed by atoms with E-state index in [0.29, 0.717) is 64.0 Å². The molecule has 0 aromatic heterocycles. The Morgan fingerprint density at radius 2 is 1.07 bits per heavy atom. The zero-order valence-corrected chi connectivity index (χ0v) is 19.2. The molecule has 0 saturated carbocycles. The van der Waals surface area contributed by atoms with Gasteiger partial charge in [-0.05, 0) is 31.8 Å². The molecule has 30 heavy (non-hydrogen) atoms. The second-order valence-corrected chi connectivity index (χ2v) is 12.2. The Balaban J connectivity index is 1.38. The van der Waals surface area contributed by atoms with Crippen molar-refractivity contribution >= 4 is 20.1 Å². The fourth-order valence-electron chi connectivity index (χ4n) is 2.77. The number of benzene rings is 1. The predicted molar refractivity (Wildman–Crippen MR) is 114 cm³/mol. The minimum Gasteiger partial charge on any atom is -0.415 e. The summed E-state index contributed by atoms with van der Waals surface area (Å²) in [6.45, 7) is 11.0. The molecule has 1 aromatic rings. The van der Waals surface area contributed by atoms with Gasteiger partial charge in [0.25, 0.3) is 11.8 Å². The standard InChI is InChI=1S/C21H33NO7Si/c1-30(2,3)29-17-16-28-15-14-27-13-12-26-11-10-25-9-8-22-20(23)18-6-4-5-7-19(18)21(22)24/h4-7H,8-17H2,1-3H3. The molecule has 0 N–H and O–H groups in total. The molecule has 8 nitrogen and oxygen atoms in total. The van der Waals surface area contributed by atoms with Crippen LogP contribution in [0.3, 0.4) is 0 Å². The molecule has 0 unspecified atom stereocenters. The summed E-state index contributed by atoms with van der Waals surface area (Å²) < 4.78 is 27.4. The summed E-state index contributed by atoms with van der Waals surface area (Å²) in [5.41, 5.74) is 0.910. The Kier molecular flexibility index (Phi) is 10.6. The highest BCUT2D eigenvalue weighted by Gasteiger charge is 2.34. The second-order valence-electron chi connectivity index (χ2n) is 7.72. The highest BCUT2D eigenvalue weighted by Crippen LogP contribution is 2.21. The summed E-state index contributed by atoms with van der Waals surface area (Å²) in [5, 5.41) is 0. The molecule has 0 radical (unpaired) electrons. The summed E-state index contributed by atoms with van der Waals surface area (Å²) in [4.78, 5) is 25.6. The van der Waals surface area contributed by atoms with E-state index < -0.39 is 8.32 Å². The van der Waals surface area contributed by atoms with Gasteiger partial charge in [-0.15, -0.1) is 0 Å². The van der Waals surface area contributed by atoms with Crippen molar-refractivity contribution in [2.45, 2.75) is 19.6 Å². The van der Waals surface area contributed by atoms with Crippen LogP contribution in [-0.4, -0.2) is 91.0 Å². The Morgan fingerprint density at radius 1 is 0.667 bits per heavy atom. The lowest BCUT2D eigenvalue weighted by atomic mass is 10.1. The van der Waals surface area contributed by atoms with Crippen LogP contribution in [0, 0.1) is 0 Å². The Labute approximate surface area is 179 Å². The molecule has 0 bridgehead atoms. The van der Waals surface area contributed by atoms with Crippen LogP contribution in [-0.2, 0) is 23.4 Å². The minimum absolute atomic E-state index is 0.235. The Bertz CT molecular complexity index is 643. The van der Waals surface area contributed by atoms with Crippen LogP contribution in [0.5, 0.6) is 0 Å². The Morgan fingerprint density at radius 3 is 1.50 bits per heavy atom. The largest absolute Gasteiger partial charge is 0.415 e. The third-order valence-electron chi connectivity index (χ3n) is 4.22. The lowest BCUT2D eigenvalue weighted by Gasteiger charge is -2.16. The molecule has 1 aliphatic rings. The number of hydrogen-bond donors (Lipinski definition) is 0. The fourth-order valence-corrected chi connectivity index (χ4v) is 3.46. The van der Waals surface area contributed by atoms with Gasteiger partial charge in [0.1, 0.15) is 0 Å². The van der Waals surface area contributed by atoms with Gasteiger partial charge in [-0.3, -0.25) is 14.5 Å². The predicted octanol–water partition coefficient (Wildman–Crippen LogP) is 2.20. The summed E-state index contributed by atoms with van der Waals surface area (Å²) in [7, 11) is -1.46. The van der Waals surface area contributed by atoms with E-state index >= 15 is 0 Å². The van der Waals surface area contributed by atoms with E-state index in [9.17, 15) is 9.59 Å². The SMILES string of the molecule is C[Si](C)(C)OCCOCCOCCOCCOCCN1C(=O)c2ccccc2C1=O. The molecule has 1 aliphatic heterocycles. The highest BCUT2D eigenvalue weighted by molar-refractivity contribution is 6.69. The molecule has 1 heterocycles. The van der Waals surface area contributed by atoms with Crippen LogP contribution in [0.4, 0.5) is 0 Å². The first-order chi connectivity index (χ1) is 14.4. The average molecular weight is 440 g/mol. The molecule has 2 amide bonds. The van der Waals surface area contributed by atoms with Gasteiger partial charge < -0.3 is 23.4 Å². The van der Waals surface area contributed by atoms with Crippen molar-refractivity contribution in [1.82, 2.24) is 4.90 Å². The zero-order chi connectivity index (χ0) is 21.8. The minimum atomic E-state index is -1.46. The van der Waals surface area contributed by atoms with Gasteiger partial charge in [0, 0.05) is 0 Å². The number of hydrogen-bond acceptors (Lipinski definition) is 7. The normalized spacial score (nSPS) is 13.9. The number of nitrogens with zero attached hydrogens (tertiary/aromatic N) is 1. The van der Waals surface area contributed by atoms with Gasteiger partial charge in [-0.2, -0.15) is 0 Å². The monoisotopic (exact) mass is 439 g/mol. The molecule has 0 fully saturated rings. The molecular weight excluding hydrogens is 406 g/mol. The summed E-state index contributed by atoms with van der Waals surface area (Å²) in [6.07, 6.45) is 0. The molecule has 0 saturated heterocycles. The number of ether oxygens (including phenoxy) is 4. The first-order valence-electron chi connectivity index (χ1n) is 10.3. The number of carbonyl (C=O) groups excluding carboxylic acids is 2. The quantitative estimate of drug-likeness (QED) is 0.222. The molecule has 1 aromatic carbocycles. The van der Waals surface area contributed by atoms with E-state index in [0.717, 1.165) is 0 Å². The van der Waals surface area contributed by atoms with Crippen molar-refractivity contribution in [1.29, 1.82) is 0 Å². The molecular formula is C21H33NO7Si. The number of imide groups is 1. The van der Waals surface area contributed by atoms with Crippen molar-refractivity contribution in [2.24, 2.45) is 0 Å². The third-order valence-corrected chi connectivity index (χ3v) is 5.29. The highest BCUT2D eigenvalue weighted by atomic mass is 28.4. The van der Waals surface area contributed by atoms with Gasteiger partial charge in [-0.25, -0.2) is 0 Å². The van der Waals surface area contributed by atoms with E-state index in [-0.39, 0.29) is 25.0 Å². The van der Waals surface area contributed by atoms with Crippen molar-refractivity contribution in [3.05, 3.63) is 35.4 Å².